The first-order valence-corrected chi connectivity index (χ1v) is 12.7. The van der Waals surface area contributed by atoms with E-state index in [1.807, 2.05) is 0 Å². The predicted octanol–water partition coefficient (Wildman–Crippen LogP) is 4.98. The van der Waals surface area contributed by atoms with Crippen LogP contribution in [-0.2, 0) is 11.3 Å². The average molecular weight is 510 g/mol. The fourth-order valence-corrected chi connectivity index (χ4v) is 5.48. The molecule has 0 saturated carbocycles. The summed E-state index contributed by atoms with van der Waals surface area (Å²) in [6.07, 6.45) is 5.29. The monoisotopic (exact) mass is 509 g/mol. The molecule has 0 aliphatic carbocycles. The molecule has 1 atom stereocenters. The van der Waals surface area contributed by atoms with E-state index in [2.05, 4.69) is 9.97 Å². The van der Waals surface area contributed by atoms with Gasteiger partial charge in [0.15, 0.2) is 6.10 Å². The van der Waals surface area contributed by atoms with Gasteiger partial charge in [-0.1, -0.05) is 24.3 Å². The summed E-state index contributed by atoms with van der Waals surface area (Å²) in [5, 5.41) is 0. The minimum atomic E-state index is -0.587. The summed E-state index contributed by atoms with van der Waals surface area (Å²) < 4.78 is 40.8. The van der Waals surface area contributed by atoms with Crippen LogP contribution >= 0.6 is 0 Å². The molecule has 0 unspecified atom stereocenters. The summed E-state index contributed by atoms with van der Waals surface area (Å²) in [5.74, 6) is -0.584. The number of hydrogen-bond acceptors (Lipinski definition) is 5. The summed E-state index contributed by atoms with van der Waals surface area (Å²) in [6, 6.07) is 14.1. The summed E-state index contributed by atoms with van der Waals surface area (Å²) in [6.45, 7) is 4.35. The van der Waals surface area contributed by atoms with Crippen LogP contribution in [0.3, 0.4) is 0 Å². The highest BCUT2D eigenvalue weighted by Crippen LogP contribution is 2.36. The van der Waals surface area contributed by atoms with E-state index in [9.17, 15) is 13.6 Å². The Bertz CT molecular complexity index is 1190. The molecule has 3 aliphatic rings. The first kappa shape index (κ1) is 25.1. The van der Waals surface area contributed by atoms with E-state index in [4.69, 9.17) is 9.47 Å². The number of quaternary nitrogens is 1. The standard InChI is InChI=1S/C28H31F2N4O3/c29-23-9-7-21(8-10-23)19-33(25-6-2-1-5-24(25)30)28(35)37-26-20-34(16-11-22(26)12-17-34)15-4-18-36-27-31-13-3-14-32-27/h1-3,5-10,13-14,22,26H,4,11-12,15-20H2/q+1/t22?,26-,34?/m0/s1. The van der Waals surface area contributed by atoms with Gasteiger partial charge in [-0.3, -0.25) is 4.90 Å². The highest BCUT2D eigenvalue weighted by Gasteiger charge is 2.47. The topological polar surface area (TPSA) is 64.5 Å². The molecule has 3 aliphatic heterocycles. The number of nitrogens with zero attached hydrogens (tertiary/aromatic N) is 4. The Kier molecular flexibility index (Phi) is 7.60. The van der Waals surface area contributed by atoms with E-state index in [1.54, 1.807) is 48.8 Å². The van der Waals surface area contributed by atoms with Crippen molar-refractivity contribution in [2.24, 2.45) is 5.92 Å². The number of carbonyl (C=O) groups excluding carboxylic acids is 1. The zero-order valence-electron chi connectivity index (χ0n) is 20.6. The summed E-state index contributed by atoms with van der Waals surface area (Å²) in [5.41, 5.74) is 0.823. The fourth-order valence-electron chi connectivity index (χ4n) is 5.48. The Morgan fingerprint density at radius 1 is 1.00 bits per heavy atom. The van der Waals surface area contributed by atoms with E-state index in [-0.39, 0.29) is 24.2 Å². The van der Waals surface area contributed by atoms with E-state index < -0.39 is 11.9 Å². The quantitative estimate of drug-likeness (QED) is 0.301. The molecule has 2 aromatic carbocycles. The van der Waals surface area contributed by atoms with Gasteiger partial charge in [-0.25, -0.2) is 23.5 Å². The number of amides is 1. The van der Waals surface area contributed by atoms with Crippen LogP contribution in [0.2, 0.25) is 0 Å². The van der Waals surface area contributed by atoms with Crippen molar-refractivity contribution in [3.63, 3.8) is 0 Å². The van der Waals surface area contributed by atoms with Crippen LogP contribution in [-0.4, -0.2) is 59.4 Å². The smallest absolute Gasteiger partial charge is 0.415 e. The highest BCUT2D eigenvalue weighted by atomic mass is 19.1. The van der Waals surface area contributed by atoms with Gasteiger partial charge in [0.1, 0.15) is 18.2 Å². The lowest BCUT2D eigenvalue weighted by molar-refractivity contribution is -0.946. The van der Waals surface area contributed by atoms with Crippen LogP contribution in [0, 0.1) is 17.6 Å². The largest absolute Gasteiger partial charge is 0.463 e. The van der Waals surface area contributed by atoms with Crippen molar-refractivity contribution in [2.75, 3.05) is 37.7 Å². The lowest BCUT2D eigenvalue weighted by Crippen LogP contribution is -2.65. The van der Waals surface area contributed by atoms with Gasteiger partial charge in [0, 0.05) is 37.6 Å². The van der Waals surface area contributed by atoms with Gasteiger partial charge < -0.3 is 14.0 Å². The molecule has 7 nitrogen and oxygen atoms in total. The number of ether oxygens (including phenoxy) is 2. The molecule has 1 aromatic heterocycles. The van der Waals surface area contributed by atoms with Gasteiger partial charge in [-0.2, -0.15) is 0 Å². The normalized spacial score (nSPS) is 22.4. The van der Waals surface area contributed by atoms with Gasteiger partial charge in [0.25, 0.3) is 0 Å². The van der Waals surface area contributed by atoms with Gasteiger partial charge >= 0.3 is 12.1 Å². The molecule has 194 valence electrons. The van der Waals surface area contributed by atoms with Crippen LogP contribution in [0.25, 0.3) is 0 Å². The molecule has 6 rings (SSSR count). The number of aromatic nitrogens is 2. The fraction of sp³-hybridized carbons (Fsp3) is 0.393. The first-order chi connectivity index (χ1) is 18.0. The molecule has 0 N–H and O–H groups in total. The van der Waals surface area contributed by atoms with Crippen LogP contribution in [0.1, 0.15) is 24.8 Å². The number of piperidine rings is 3. The maximum absolute atomic E-state index is 14.7. The van der Waals surface area contributed by atoms with E-state index in [0.717, 1.165) is 49.9 Å². The maximum Gasteiger partial charge on any atom is 0.415 e. The Hall–Kier alpha value is -3.59. The van der Waals surface area contributed by atoms with Crippen LogP contribution < -0.4 is 9.64 Å². The lowest BCUT2D eigenvalue weighted by Gasteiger charge is -2.52. The Labute approximate surface area is 215 Å². The van der Waals surface area contributed by atoms with Gasteiger partial charge in [-0.05, 0) is 35.9 Å². The average Bonchev–Trinajstić information content (AvgIpc) is 2.92. The third-order valence-electron chi connectivity index (χ3n) is 7.46. The van der Waals surface area contributed by atoms with Crippen molar-refractivity contribution in [2.45, 2.75) is 31.9 Å². The lowest BCUT2D eigenvalue weighted by atomic mass is 9.83. The van der Waals surface area contributed by atoms with Crippen LogP contribution in [0.15, 0.2) is 67.0 Å². The zero-order chi connectivity index (χ0) is 25.7. The Balaban J connectivity index is 1.24. The minimum absolute atomic E-state index is 0.0797. The molecule has 4 heterocycles. The van der Waals surface area contributed by atoms with Crippen molar-refractivity contribution >= 4 is 11.8 Å². The van der Waals surface area contributed by atoms with Crippen LogP contribution in [0.4, 0.5) is 19.3 Å². The SMILES string of the molecule is O=C(O[C@H]1C[N+]2(CCCOc3ncccn3)CCC1CC2)N(Cc1ccc(F)cc1)c1ccccc1F. The summed E-state index contributed by atoms with van der Waals surface area (Å²) in [4.78, 5) is 22.9. The first-order valence-electron chi connectivity index (χ1n) is 12.7. The number of anilines is 1. The molecule has 0 spiro atoms. The number of carbonyl (C=O) groups is 1. The number of rotatable bonds is 9. The molecule has 37 heavy (non-hydrogen) atoms. The molecular weight excluding hydrogens is 478 g/mol. The second-order valence-corrected chi connectivity index (χ2v) is 9.85. The zero-order valence-corrected chi connectivity index (χ0v) is 20.6. The van der Waals surface area contributed by atoms with Crippen molar-refractivity contribution in [1.29, 1.82) is 0 Å². The van der Waals surface area contributed by atoms with Crippen molar-refractivity contribution in [3.05, 3.63) is 84.2 Å². The highest BCUT2D eigenvalue weighted by molar-refractivity contribution is 5.87. The van der Waals surface area contributed by atoms with E-state index >= 15 is 0 Å². The third kappa shape index (κ3) is 6.05. The number of hydrogen-bond donors (Lipinski definition) is 0. The number of halogens is 2. The van der Waals surface area contributed by atoms with Crippen LogP contribution in [0.5, 0.6) is 6.01 Å². The van der Waals surface area contributed by atoms with Gasteiger partial charge in [0.05, 0.1) is 38.5 Å². The van der Waals surface area contributed by atoms with Crippen molar-refractivity contribution < 1.29 is 27.5 Å². The molecule has 9 heteroatoms. The van der Waals surface area contributed by atoms with Gasteiger partial charge in [-0.15, -0.1) is 0 Å². The molecule has 2 bridgehead atoms. The summed E-state index contributed by atoms with van der Waals surface area (Å²) in [7, 11) is 0. The predicted molar refractivity (Wildman–Crippen MR) is 134 cm³/mol. The van der Waals surface area contributed by atoms with Crippen molar-refractivity contribution in [3.8, 4) is 6.01 Å². The maximum atomic E-state index is 14.7. The Morgan fingerprint density at radius 3 is 2.46 bits per heavy atom. The second-order valence-electron chi connectivity index (χ2n) is 9.85. The van der Waals surface area contributed by atoms with Crippen molar-refractivity contribution in [1.82, 2.24) is 9.97 Å². The summed E-state index contributed by atoms with van der Waals surface area (Å²) >= 11 is 0. The molecule has 1 amide bonds. The Morgan fingerprint density at radius 2 is 1.73 bits per heavy atom. The molecule has 3 saturated heterocycles. The van der Waals surface area contributed by atoms with Gasteiger partial charge in [0.2, 0.25) is 0 Å². The second kappa shape index (κ2) is 11.2. The number of para-hydroxylation sites is 1. The molecule has 3 fully saturated rings. The minimum Gasteiger partial charge on any atom is -0.463 e. The number of fused-ring (bicyclic) bond motifs is 3. The van der Waals surface area contributed by atoms with E-state index in [0.29, 0.717) is 24.1 Å². The number of benzene rings is 2. The molecular formula is C28H31F2N4O3+. The molecule has 3 aromatic rings. The third-order valence-corrected chi connectivity index (χ3v) is 7.46. The molecule has 0 radical (unpaired) electrons. The van der Waals surface area contributed by atoms with E-state index in [1.165, 1.54) is 23.1 Å².